The van der Waals surface area contributed by atoms with Crippen LogP contribution in [0.15, 0.2) is 12.7 Å². The third kappa shape index (κ3) is 1.34. The minimum absolute atomic E-state index is 0.882. The Morgan fingerprint density at radius 2 is 2.38 bits per heavy atom. The lowest BCUT2D eigenvalue weighted by Gasteiger charge is -2.10. The van der Waals surface area contributed by atoms with Crippen molar-refractivity contribution in [3.63, 3.8) is 0 Å². The van der Waals surface area contributed by atoms with Gasteiger partial charge in [0, 0.05) is 12.6 Å². The normalized spacial score (nSPS) is 19.2. The van der Waals surface area contributed by atoms with E-state index in [4.69, 9.17) is 0 Å². The Labute approximate surface area is 51.0 Å². The highest BCUT2D eigenvalue weighted by atomic mass is 15.1. The van der Waals surface area contributed by atoms with E-state index in [0.717, 1.165) is 12.6 Å². The van der Waals surface area contributed by atoms with Gasteiger partial charge in [-0.05, 0) is 19.9 Å². The molecule has 1 aliphatic carbocycles. The molecule has 1 rings (SSSR count). The van der Waals surface area contributed by atoms with Gasteiger partial charge in [0.1, 0.15) is 0 Å². The molecule has 0 atom stereocenters. The lowest BCUT2D eigenvalue weighted by Crippen LogP contribution is -2.19. The van der Waals surface area contributed by atoms with Gasteiger partial charge in [-0.2, -0.15) is 0 Å². The van der Waals surface area contributed by atoms with Crippen LogP contribution in [-0.4, -0.2) is 24.5 Å². The van der Waals surface area contributed by atoms with E-state index >= 15 is 0 Å². The summed E-state index contributed by atoms with van der Waals surface area (Å²) >= 11 is 0. The summed E-state index contributed by atoms with van der Waals surface area (Å²) < 4.78 is 0. The maximum Gasteiger partial charge on any atom is 0.0160 e. The van der Waals surface area contributed by atoms with Crippen molar-refractivity contribution < 1.29 is 0 Å². The van der Waals surface area contributed by atoms with Crippen LogP contribution in [0.5, 0.6) is 0 Å². The second kappa shape index (κ2) is 2.31. The van der Waals surface area contributed by atoms with Gasteiger partial charge < -0.3 is 0 Å². The zero-order valence-electron chi connectivity index (χ0n) is 5.43. The van der Waals surface area contributed by atoms with E-state index in [0.29, 0.717) is 0 Å². The topological polar surface area (TPSA) is 3.24 Å². The molecule has 0 aromatic rings. The molecule has 0 aromatic heterocycles. The Bertz CT molecular complexity index is 84.4. The summed E-state index contributed by atoms with van der Waals surface area (Å²) in [7, 11) is 2.15. The Morgan fingerprint density at radius 1 is 1.75 bits per heavy atom. The smallest absolute Gasteiger partial charge is 0.0160 e. The Hall–Kier alpha value is -0.300. The van der Waals surface area contributed by atoms with Crippen molar-refractivity contribution in [2.24, 2.45) is 0 Å². The fourth-order valence-electron chi connectivity index (χ4n) is 0.868. The van der Waals surface area contributed by atoms with Crippen LogP contribution in [0.25, 0.3) is 0 Å². The molecule has 1 aliphatic rings. The summed E-state index contributed by atoms with van der Waals surface area (Å²) in [6, 6.07) is 0.882. The Balaban J connectivity index is 2.12. The molecule has 0 saturated heterocycles. The van der Waals surface area contributed by atoms with Gasteiger partial charge in [-0.3, -0.25) is 4.90 Å². The predicted octanol–water partition coefficient (Wildman–Crippen LogP) is 1.27. The molecule has 1 fully saturated rings. The number of hydrogen-bond donors (Lipinski definition) is 0. The third-order valence-corrected chi connectivity index (χ3v) is 1.59. The molecule has 1 heteroatoms. The first-order valence-corrected chi connectivity index (χ1v) is 3.15. The molecule has 0 amide bonds. The molecule has 46 valence electrons. The summed E-state index contributed by atoms with van der Waals surface area (Å²) in [4.78, 5) is 2.34. The van der Waals surface area contributed by atoms with Crippen LogP contribution in [0.2, 0.25) is 0 Å². The van der Waals surface area contributed by atoms with Gasteiger partial charge >= 0.3 is 0 Å². The molecule has 0 unspecified atom stereocenters. The molecule has 0 aromatic carbocycles. The lowest BCUT2D eigenvalue weighted by molar-refractivity contribution is 0.360. The number of nitrogens with zero attached hydrogens (tertiary/aromatic N) is 1. The van der Waals surface area contributed by atoms with E-state index in [1.807, 2.05) is 6.08 Å². The fourth-order valence-corrected chi connectivity index (χ4v) is 0.868. The van der Waals surface area contributed by atoms with Crippen molar-refractivity contribution in [2.45, 2.75) is 18.9 Å². The first kappa shape index (κ1) is 5.83. The summed E-state index contributed by atoms with van der Waals surface area (Å²) in [5.74, 6) is 0. The van der Waals surface area contributed by atoms with E-state index in [-0.39, 0.29) is 0 Å². The second-order valence-corrected chi connectivity index (χ2v) is 2.46. The molecule has 1 nitrogen and oxygen atoms in total. The van der Waals surface area contributed by atoms with Crippen molar-refractivity contribution in [3.8, 4) is 0 Å². The predicted molar refractivity (Wildman–Crippen MR) is 35.8 cm³/mol. The first-order chi connectivity index (χ1) is 3.84. The number of hydrogen-bond acceptors (Lipinski definition) is 1. The summed E-state index contributed by atoms with van der Waals surface area (Å²) in [6.07, 6.45) is 4.74. The van der Waals surface area contributed by atoms with Gasteiger partial charge in [-0.1, -0.05) is 6.08 Å². The maximum absolute atomic E-state index is 3.67. The monoisotopic (exact) mass is 111 g/mol. The van der Waals surface area contributed by atoms with Gasteiger partial charge in [-0.15, -0.1) is 6.58 Å². The van der Waals surface area contributed by atoms with Gasteiger partial charge in [0.2, 0.25) is 0 Å². The minimum Gasteiger partial charge on any atom is -0.300 e. The van der Waals surface area contributed by atoms with E-state index in [1.54, 1.807) is 0 Å². The molecule has 0 aliphatic heterocycles. The van der Waals surface area contributed by atoms with Gasteiger partial charge in [-0.25, -0.2) is 0 Å². The first-order valence-electron chi connectivity index (χ1n) is 3.15. The molecular weight excluding hydrogens is 98.1 g/mol. The van der Waals surface area contributed by atoms with Crippen LogP contribution in [0, 0.1) is 0 Å². The highest BCUT2D eigenvalue weighted by molar-refractivity contribution is 4.85. The average Bonchev–Trinajstić information content (AvgIpc) is 2.45. The van der Waals surface area contributed by atoms with E-state index in [2.05, 4.69) is 18.5 Å². The second-order valence-electron chi connectivity index (χ2n) is 2.46. The molecule has 0 heterocycles. The van der Waals surface area contributed by atoms with E-state index < -0.39 is 0 Å². The lowest BCUT2D eigenvalue weighted by atomic mass is 10.5. The molecule has 0 N–H and O–H groups in total. The molecule has 0 spiro atoms. The number of likely N-dealkylation sites (N-methyl/N-ethyl adjacent to an activating group) is 1. The SMILES string of the molecule is C=CCN(C)C1CC1. The molecular formula is C7H13N. The molecule has 8 heavy (non-hydrogen) atoms. The molecule has 0 radical (unpaired) electrons. The summed E-state index contributed by atoms with van der Waals surface area (Å²) in [5.41, 5.74) is 0. The zero-order chi connectivity index (χ0) is 5.98. The van der Waals surface area contributed by atoms with Crippen LogP contribution < -0.4 is 0 Å². The van der Waals surface area contributed by atoms with Crippen LogP contribution >= 0.6 is 0 Å². The standard InChI is InChI=1S/C7H13N/c1-3-6-8(2)7-4-5-7/h3,7H,1,4-6H2,2H3. The van der Waals surface area contributed by atoms with Crippen LogP contribution in [0.4, 0.5) is 0 Å². The Morgan fingerprint density at radius 3 is 2.75 bits per heavy atom. The largest absolute Gasteiger partial charge is 0.300 e. The highest BCUT2D eigenvalue weighted by Gasteiger charge is 2.24. The van der Waals surface area contributed by atoms with Crippen molar-refractivity contribution in [1.29, 1.82) is 0 Å². The number of rotatable bonds is 3. The van der Waals surface area contributed by atoms with Crippen LogP contribution in [-0.2, 0) is 0 Å². The van der Waals surface area contributed by atoms with Crippen LogP contribution in [0.3, 0.4) is 0 Å². The van der Waals surface area contributed by atoms with Crippen molar-refractivity contribution in [2.75, 3.05) is 13.6 Å². The quantitative estimate of drug-likeness (QED) is 0.496. The third-order valence-electron chi connectivity index (χ3n) is 1.59. The van der Waals surface area contributed by atoms with Crippen molar-refractivity contribution in [3.05, 3.63) is 12.7 Å². The van der Waals surface area contributed by atoms with Gasteiger partial charge in [0.15, 0.2) is 0 Å². The summed E-state index contributed by atoms with van der Waals surface area (Å²) in [5, 5.41) is 0. The van der Waals surface area contributed by atoms with E-state index in [9.17, 15) is 0 Å². The van der Waals surface area contributed by atoms with E-state index in [1.165, 1.54) is 12.8 Å². The van der Waals surface area contributed by atoms with Crippen LogP contribution in [0.1, 0.15) is 12.8 Å². The zero-order valence-corrected chi connectivity index (χ0v) is 5.43. The molecule has 0 bridgehead atoms. The maximum atomic E-state index is 3.67. The molecule has 1 saturated carbocycles. The van der Waals surface area contributed by atoms with Gasteiger partial charge in [0.05, 0.1) is 0 Å². The highest BCUT2D eigenvalue weighted by Crippen LogP contribution is 2.24. The fraction of sp³-hybridized carbons (Fsp3) is 0.714. The van der Waals surface area contributed by atoms with Crippen molar-refractivity contribution >= 4 is 0 Å². The minimum atomic E-state index is 0.882. The average molecular weight is 111 g/mol. The summed E-state index contributed by atoms with van der Waals surface area (Å²) in [6.45, 7) is 4.72. The van der Waals surface area contributed by atoms with Gasteiger partial charge in [0.25, 0.3) is 0 Å². The van der Waals surface area contributed by atoms with Crippen molar-refractivity contribution in [1.82, 2.24) is 4.90 Å². The Kier molecular flexibility index (Phi) is 1.69.